The molecule has 2 amide bonds. The zero-order valence-corrected chi connectivity index (χ0v) is 11.6. The molecule has 0 saturated heterocycles. The number of carbonyl (C=O) groups is 1. The van der Waals surface area contributed by atoms with Gasteiger partial charge in [-0.05, 0) is 13.0 Å². The Morgan fingerprint density at radius 2 is 2.05 bits per heavy atom. The van der Waals surface area contributed by atoms with Gasteiger partial charge in [0.1, 0.15) is 5.69 Å². The zero-order valence-electron chi connectivity index (χ0n) is 10.8. The number of aromatic nitrogens is 3. The van der Waals surface area contributed by atoms with Crippen LogP contribution in [-0.4, -0.2) is 20.6 Å². The third-order valence-corrected chi connectivity index (χ3v) is 2.63. The fourth-order valence-corrected chi connectivity index (χ4v) is 1.74. The van der Waals surface area contributed by atoms with Crippen LogP contribution in [0.1, 0.15) is 5.69 Å². The number of nitrogens with zero attached hydrogens (tertiary/aromatic N) is 3. The molecule has 2 aromatic heterocycles. The molecular formula is C12H12ClN5O2. The molecule has 0 unspecified atom stereocenters. The van der Waals surface area contributed by atoms with Gasteiger partial charge in [-0.1, -0.05) is 11.6 Å². The number of rotatable bonds is 2. The van der Waals surface area contributed by atoms with Crippen molar-refractivity contribution in [2.24, 2.45) is 7.05 Å². The Labute approximate surface area is 119 Å². The maximum atomic E-state index is 11.8. The van der Waals surface area contributed by atoms with Gasteiger partial charge in [-0.15, -0.1) is 0 Å². The SMILES string of the molecule is Cc1cnc(NC(=O)Nc2cc(Cl)cn(C)c2=O)cn1. The summed E-state index contributed by atoms with van der Waals surface area (Å²) in [6.07, 6.45) is 4.40. The van der Waals surface area contributed by atoms with E-state index in [1.165, 1.54) is 29.2 Å². The molecule has 2 rings (SSSR count). The molecule has 0 radical (unpaired) electrons. The lowest BCUT2D eigenvalue weighted by molar-refractivity contribution is 0.262. The van der Waals surface area contributed by atoms with Crippen molar-refractivity contribution in [2.75, 3.05) is 10.6 Å². The maximum Gasteiger partial charge on any atom is 0.325 e. The number of pyridine rings is 1. The van der Waals surface area contributed by atoms with Crippen molar-refractivity contribution in [3.8, 4) is 0 Å². The standard InChI is InChI=1S/C12H12ClN5O2/c1-7-4-15-10(5-14-7)17-12(20)16-9-3-8(13)6-18(2)11(9)19/h3-6H,1-2H3,(H2,15,16,17,20). The Hall–Kier alpha value is -2.41. The van der Waals surface area contributed by atoms with Crippen molar-refractivity contribution in [1.82, 2.24) is 14.5 Å². The first-order valence-corrected chi connectivity index (χ1v) is 6.06. The summed E-state index contributed by atoms with van der Waals surface area (Å²) in [6, 6.07) is 0.784. The summed E-state index contributed by atoms with van der Waals surface area (Å²) in [7, 11) is 1.54. The summed E-state index contributed by atoms with van der Waals surface area (Å²) < 4.78 is 1.28. The Balaban J connectivity index is 2.12. The first kappa shape index (κ1) is 14.0. The van der Waals surface area contributed by atoms with Crippen molar-refractivity contribution in [3.63, 3.8) is 0 Å². The van der Waals surface area contributed by atoms with Gasteiger partial charge in [0.05, 0.1) is 23.1 Å². The Bertz CT molecular complexity index is 696. The molecule has 0 aliphatic rings. The largest absolute Gasteiger partial charge is 0.325 e. The van der Waals surface area contributed by atoms with Crippen LogP contribution in [0.2, 0.25) is 5.02 Å². The summed E-state index contributed by atoms with van der Waals surface area (Å²) >= 11 is 5.83. The first-order chi connectivity index (χ1) is 9.45. The van der Waals surface area contributed by atoms with Crippen LogP contribution in [-0.2, 0) is 7.05 Å². The highest BCUT2D eigenvalue weighted by Gasteiger charge is 2.09. The minimum atomic E-state index is -0.595. The molecule has 2 heterocycles. The third-order valence-electron chi connectivity index (χ3n) is 2.42. The van der Waals surface area contributed by atoms with Crippen molar-refractivity contribution >= 4 is 29.1 Å². The van der Waals surface area contributed by atoms with E-state index in [4.69, 9.17) is 11.6 Å². The first-order valence-electron chi connectivity index (χ1n) is 5.68. The van der Waals surface area contributed by atoms with Crippen LogP contribution < -0.4 is 16.2 Å². The van der Waals surface area contributed by atoms with Crippen molar-refractivity contribution < 1.29 is 4.79 Å². The number of halogens is 1. The number of aryl methyl sites for hydroxylation is 2. The molecule has 0 saturated carbocycles. The lowest BCUT2D eigenvalue weighted by Crippen LogP contribution is -2.27. The van der Waals surface area contributed by atoms with E-state index in [0.717, 1.165) is 5.69 Å². The number of anilines is 2. The van der Waals surface area contributed by atoms with Crippen molar-refractivity contribution in [3.05, 3.63) is 45.7 Å². The van der Waals surface area contributed by atoms with Gasteiger partial charge < -0.3 is 9.88 Å². The number of urea groups is 1. The Kier molecular flexibility index (Phi) is 3.99. The van der Waals surface area contributed by atoms with Crippen molar-refractivity contribution in [1.29, 1.82) is 0 Å². The van der Waals surface area contributed by atoms with Crippen LogP contribution in [0.5, 0.6) is 0 Å². The highest BCUT2D eigenvalue weighted by molar-refractivity contribution is 6.30. The molecule has 104 valence electrons. The second kappa shape index (κ2) is 5.70. The van der Waals surface area contributed by atoms with E-state index in [2.05, 4.69) is 20.6 Å². The van der Waals surface area contributed by atoms with Crippen LogP contribution in [0.4, 0.5) is 16.3 Å². The summed E-state index contributed by atoms with van der Waals surface area (Å²) in [5.74, 6) is 0.284. The average Bonchev–Trinajstić information content (AvgIpc) is 2.38. The molecular weight excluding hydrogens is 282 g/mol. The highest BCUT2D eigenvalue weighted by atomic mass is 35.5. The fourth-order valence-electron chi connectivity index (χ4n) is 1.49. The molecule has 0 aliphatic carbocycles. The summed E-state index contributed by atoms with van der Waals surface area (Å²) in [5, 5.41) is 5.23. The Morgan fingerprint density at radius 1 is 1.30 bits per heavy atom. The third kappa shape index (κ3) is 3.33. The van der Waals surface area contributed by atoms with E-state index in [1.807, 2.05) is 0 Å². The monoisotopic (exact) mass is 293 g/mol. The van der Waals surface area contributed by atoms with E-state index in [0.29, 0.717) is 5.02 Å². The lowest BCUT2D eigenvalue weighted by atomic mass is 10.4. The molecule has 20 heavy (non-hydrogen) atoms. The predicted octanol–water partition coefficient (Wildman–Crippen LogP) is 1.78. The van der Waals surface area contributed by atoms with E-state index in [1.54, 1.807) is 14.0 Å². The summed E-state index contributed by atoms with van der Waals surface area (Å²) in [5.41, 5.74) is 0.455. The fraction of sp³-hybridized carbons (Fsp3) is 0.167. The van der Waals surface area contributed by atoms with Crippen LogP contribution in [0.3, 0.4) is 0 Å². The molecule has 0 atom stereocenters. The summed E-state index contributed by atoms with van der Waals surface area (Å²) in [6.45, 7) is 1.78. The lowest BCUT2D eigenvalue weighted by Gasteiger charge is -2.08. The minimum absolute atomic E-state index is 0.0811. The van der Waals surface area contributed by atoms with E-state index in [9.17, 15) is 9.59 Å². The quantitative estimate of drug-likeness (QED) is 0.883. The van der Waals surface area contributed by atoms with Crippen molar-refractivity contribution in [2.45, 2.75) is 6.92 Å². The van der Waals surface area contributed by atoms with Gasteiger partial charge in [0.15, 0.2) is 5.82 Å². The van der Waals surface area contributed by atoms with Crippen LogP contribution in [0.15, 0.2) is 29.5 Å². The Morgan fingerprint density at radius 3 is 2.70 bits per heavy atom. The summed E-state index contributed by atoms with van der Waals surface area (Å²) in [4.78, 5) is 31.5. The topological polar surface area (TPSA) is 88.9 Å². The van der Waals surface area contributed by atoms with Gasteiger partial charge in [0, 0.05) is 13.2 Å². The van der Waals surface area contributed by atoms with Gasteiger partial charge in [-0.2, -0.15) is 0 Å². The van der Waals surface area contributed by atoms with Gasteiger partial charge in [0.2, 0.25) is 0 Å². The van der Waals surface area contributed by atoms with E-state index in [-0.39, 0.29) is 17.1 Å². The molecule has 0 spiro atoms. The molecule has 0 bridgehead atoms. The van der Waals surface area contributed by atoms with Gasteiger partial charge in [-0.25, -0.2) is 9.78 Å². The maximum absolute atomic E-state index is 11.8. The van der Waals surface area contributed by atoms with Crippen LogP contribution in [0, 0.1) is 6.92 Å². The second-order valence-electron chi connectivity index (χ2n) is 4.11. The smallest absolute Gasteiger partial charge is 0.315 e. The molecule has 8 heteroatoms. The minimum Gasteiger partial charge on any atom is -0.315 e. The molecule has 7 nitrogen and oxygen atoms in total. The molecule has 0 aliphatic heterocycles. The second-order valence-corrected chi connectivity index (χ2v) is 4.55. The normalized spacial score (nSPS) is 10.2. The van der Waals surface area contributed by atoms with Crippen LogP contribution in [0.25, 0.3) is 0 Å². The number of nitrogens with one attached hydrogen (secondary N) is 2. The van der Waals surface area contributed by atoms with E-state index >= 15 is 0 Å². The van der Waals surface area contributed by atoms with Crippen LogP contribution >= 0.6 is 11.6 Å². The predicted molar refractivity (Wildman–Crippen MR) is 76.1 cm³/mol. The number of hydrogen-bond donors (Lipinski definition) is 2. The molecule has 0 aromatic carbocycles. The average molecular weight is 294 g/mol. The number of hydrogen-bond acceptors (Lipinski definition) is 4. The number of carbonyl (C=O) groups excluding carboxylic acids is 1. The zero-order chi connectivity index (χ0) is 14.7. The van der Waals surface area contributed by atoms with Gasteiger partial charge in [0.25, 0.3) is 5.56 Å². The molecule has 2 aromatic rings. The number of amides is 2. The molecule has 0 fully saturated rings. The van der Waals surface area contributed by atoms with E-state index < -0.39 is 6.03 Å². The molecule has 2 N–H and O–H groups in total. The highest BCUT2D eigenvalue weighted by Crippen LogP contribution is 2.10. The van der Waals surface area contributed by atoms with Gasteiger partial charge in [-0.3, -0.25) is 15.1 Å². The van der Waals surface area contributed by atoms with Gasteiger partial charge >= 0.3 is 6.03 Å².